The van der Waals surface area contributed by atoms with E-state index in [0.717, 1.165) is 6.54 Å². The zero-order valence-corrected chi connectivity index (χ0v) is 9.63. The molecular weight excluding hydrogens is 182 g/mol. The molecule has 0 aromatic heterocycles. The Morgan fingerprint density at radius 2 is 1.73 bits per heavy atom. The minimum absolute atomic E-state index is 0.522. The van der Waals surface area contributed by atoms with Crippen molar-refractivity contribution in [1.82, 2.24) is 0 Å². The van der Waals surface area contributed by atoms with Crippen molar-refractivity contribution in [3.8, 4) is 0 Å². The van der Waals surface area contributed by atoms with Crippen molar-refractivity contribution in [2.24, 2.45) is 5.41 Å². The highest BCUT2D eigenvalue weighted by Gasteiger charge is 2.26. The summed E-state index contributed by atoms with van der Waals surface area (Å²) in [6.07, 6.45) is 7.01. The van der Waals surface area contributed by atoms with Crippen molar-refractivity contribution in [3.63, 3.8) is 0 Å². The molecular formula is C14H21N. The number of anilines is 1. The van der Waals surface area contributed by atoms with Crippen LogP contribution in [0.3, 0.4) is 0 Å². The SMILES string of the molecule is CC1(CNc2ccccc2)CCCCC1. The third-order valence-corrected chi connectivity index (χ3v) is 3.55. The first kappa shape index (κ1) is 10.5. The summed E-state index contributed by atoms with van der Waals surface area (Å²) >= 11 is 0. The third-order valence-electron chi connectivity index (χ3n) is 3.55. The van der Waals surface area contributed by atoms with Gasteiger partial charge in [0.05, 0.1) is 0 Å². The summed E-state index contributed by atoms with van der Waals surface area (Å²) in [7, 11) is 0. The number of hydrogen-bond donors (Lipinski definition) is 1. The first-order valence-electron chi connectivity index (χ1n) is 6.07. The van der Waals surface area contributed by atoms with Gasteiger partial charge in [0.2, 0.25) is 0 Å². The number of rotatable bonds is 3. The molecule has 1 aromatic carbocycles. The molecule has 1 aromatic rings. The van der Waals surface area contributed by atoms with E-state index in [9.17, 15) is 0 Å². The first-order chi connectivity index (χ1) is 7.29. The van der Waals surface area contributed by atoms with Crippen LogP contribution in [0.2, 0.25) is 0 Å². The van der Waals surface area contributed by atoms with E-state index in [1.165, 1.54) is 37.8 Å². The Hall–Kier alpha value is -0.980. The van der Waals surface area contributed by atoms with Gasteiger partial charge in [-0.2, -0.15) is 0 Å². The lowest BCUT2D eigenvalue weighted by Crippen LogP contribution is -2.28. The molecule has 0 aliphatic heterocycles. The van der Waals surface area contributed by atoms with Gasteiger partial charge < -0.3 is 5.32 Å². The molecule has 1 aliphatic rings. The van der Waals surface area contributed by atoms with Gasteiger partial charge in [-0.05, 0) is 30.4 Å². The molecule has 1 fully saturated rings. The average molecular weight is 203 g/mol. The maximum atomic E-state index is 3.55. The van der Waals surface area contributed by atoms with Gasteiger partial charge in [0.1, 0.15) is 0 Å². The summed E-state index contributed by atoms with van der Waals surface area (Å²) in [6.45, 7) is 3.54. The van der Waals surface area contributed by atoms with E-state index in [0.29, 0.717) is 5.41 Å². The molecule has 0 amide bonds. The van der Waals surface area contributed by atoms with Gasteiger partial charge in [0, 0.05) is 12.2 Å². The molecule has 0 spiro atoms. The van der Waals surface area contributed by atoms with E-state index >= 15 is 0 Å². The molecule has 0 radical (unpaired) electrons. The van der Waals surface area contributed by atoms with Crippen LogP contribution in [0.25, 0.3) is 0 Å². The van der Waals surface area contributed by atoms with E-state index in [4.69, 9.17) is 0 Å². The number of nitrogens with one attached hydrogen (secondary N) is 1. The van der Waals surface area contributed by atoms with Crippen molar-refractivity contribution >= 4 is 5.69 Å². The minimum Gasteiger partial charge on any atom is -0.384 e. The Balaban J connectivity index is 1.87. The molecule has 1 nitrogen and oxygen atoms in total. The maximum Gasteiger partial charge on any atom is 0.0340 e. The highest BCUT2D eigenvalue weighted by atomic mass is 14.9. The van der Waals surface area contributed by atoms with Crippen LogP contribution in [0.1, 0.15) is 39.0 Å². The highest BCUT2D eigenvalue weighted by Crippen LogP contribution is 2.35. The van der Waals surface area contributed by atoms with Gasteiger partial charge >= 0.3 is 0 Å². The zero-order valence-electron chi connectivity index (χ0n) is 9.63. The van der Waals surface area contributed by atoms with Crippen LogP contribution in [-0.2, 0) is 0 Å². The van der Waals surface area contributed by atoms with Crippen LogP contribution in [0.15, 0.2) is 30.3 Å². The maximum absolute atomic E-state index is 3.55. The Morgan fingerprint density at radius 3 is 2.40 bits per heavy atom. The molecule has 0 saturated heterocycles. The number of para-hydroxylation sites is 1. The van der Waals surface area contributed by atoms with E-state index in [1.807, 2.05) is 0 Å². The Labute approximate surface area is 92.9 Å². The smallest absolute Gasteiger partial charge is 0.0340 e. The fourth-order valence-electron chi connectivity index (χ4n) is 2.45. The molecule has 1 heteroatoms. The van der Waals surface area contributed by atoms with Gasteiger partial charge in [-0.15, -0.1) is 0 Å². The van der Waals surface area contributed by atoms with Crippen molar-refractivity contribution in [2.45, 2.75) is 39.0 Å². The average Bonchev–Trinajstić information content (AvgIpc) is 2.29. The molecule has 15 heavy (non-hydrogen) atoms. The van der Waals surface area contributed by atoms with Gasteiger partial charge in [0.25, 0.3) is 0 Å². The van der Waals surface area contributed by atoms with Crippen molar-refractivity contribution < 1.29 is 0 Å². The predicted molar refractivity (Wildman–Crippen MR) is 66.1 cm³/mol. The zero-order chi connectivity index (χ0) is 10.6. The fraction of sp³-hybridized carbons (Fsp3) is 0.571. The van der Waals surface area contributed by atoms with E-state index in [-0.39, 0.29) is 0 Å². The summed E-state index contributed by atoms with van der Waals surface area (Å²) in [5, 5.41) is 3.55. The van der Waals surface area contributed by atoms with Gasteiger partial charge in [-0.25, -0.2) is 0 Å². The van der Waals surface area contributed by atoms with Gasteiger partial charge in [-0.1, -0.05) is 44.4 Å². The van der Waals surface area contributed by atoms with Gasteiger partial charge in [-0.3, -0.25) is 0 Å². The quantitative estimate of drug-likeness (QED) is 0.781. The molecule has 1 N–H and O–H groups in total. The third kappa shape index (κ3) is 2.98. The summed E-state index contributed by atoms with van der Waals surface area (Å²) in [5.41, 5.74) is 1.78. The van der Waals surface area contributed by atoms with E-state index in [1.54, 1.807) is 0 Å². The predicted octanol–water partition coefficient (Wildman–Crippen LogP) is 4.07. The lowest BCUT2D eigenvalue weighted by molar-refractivity contribution is 0.233. The number of hydrogen-bond acceptors (Lipinski definition) is 1. The summed E-state index contributed by atoms with van der Waals surface area (Å²) in [5.74, 6) is 0. The lowest BCUT2D eigenvalue weighted by atomic mass is 9.76. The van der Waals surface area contributed by atoms with Crippen LogP contribution < -0.4 is 5.32 Å². The Kier molecular flexibility index (Phi) is 3.30. The molecule has 0 bridgehead atoms. The molecule has 0 heterocycles. The lowest BCUT2D eigenvalue weighted by Gasteiger charge is -2.34. The van der Waals surface area contributed by atoms with Gasteiger partial charge in [0.15, 0.2) is 0 Å². The second-order valence-electron chi connectivity index (χ2n) is 5.09. The molecule has 2 rings (SSSR count). The van der Waals surface area contributed by atoms with Crippen LogP contribution in [0.5, 0.6) is 0 Å². The normalized spacial score (nSPS) is 19.8. The summed E-state index contributed by atoms with van der Waals surface area (Å²) < 4.78 is 0. The van der Waals surface area contributed by atoms with Crippen LogP contribution in [0, 0.1) is 5.41 Å². The second kappa shape index (κ2) is 4.69. The molecule has 1 saturated carbocycles. The highest BCUT2D eigenvalue weighted by molar-refractivity contribution is 5.42. The largest absolute Gasteiger partial charge is 0.384 e. The molecule has 1 aliphatic carbocycles. The Bertz CT molecular complexity index is 285. The molecule has 82 valence electrons. The topological polar surface area (TPSA) is 12.0 Å². The van der Waals surface area contributed by atoms with Crippen LogP contribution in [-0.4, -0.2) is 6.54 Å². The van der Waals surface area contributed by atoms with Crippen molar-refractivity contribution in [2.75, 3.05) is 11.9 Å². The van der Waals surface area contributed by atoms with Crippen molar-refractivity contribution in [1.29, 1.82) is 0 Å². The Morgan fingerprint density at radius 1 is 1.07 bits per heavy atom. The monoisotopic (exact) mass is 203 g/mol. The molecule has 0 unspecified atom stereocenters. The van der Waals surface area contributed by atoms with E-state index < -0.39 is 0 Å². The van der Waals surface area contributed by atoms with Crippen LogP contribution >= 0.6 is 0 Å². The second-order valence-corrected chi connectivity index (χ2v) is 5.09. The summed E-state index contributed by atoms with van der Waals surface area (Å²) in [4.78, 5) is 0. The van der Waals surface area contributed by atoms with Crippen molar-refractivity contribution in [3.05, 3.63) is 30.3 Å². The minimum atomic E-state index is 0.522. The van der Waals surface area contributed by atoms with Crippen LogP contribution in [0.4, 0.5) is 5.69 Å². The standard InChI is InChI=1S/C14H21N/c1-14(10-6-3-7-11-14)12-15-13-8-4-2-5-9-13/h2,4-5,8-9,15H,3,6-7,10-12H2,1H3. The van der Waals surface area contributed by atoms with E-state index in [2.05, 4.69) is 42.6 Å². The summed E-state index contributed by atoms with van der Waals surface area (Å²) in [6, 6.07) is 10.5. The molecule has 0 atom stereocenters. The fourth-order valence-corrected chi connectivity index (χ4v) is 2.45. The first-order valence-corrected chi connectivity index (χ1v) is 6.07. The number of benzene rings is 1.